The number of rotatable bonds is 7. The van der Waals surface area contributed by atoms with Crippen molar-refractivity contribution in [3.8, 4) is 0 Å². The molecule has 108 valence electrons. The third kappa shape index (κ3) is 3.18. The van der Waals surface area contributed by atoms with Gasteiger partial charge in [0, 0.05) is 18.2 Å². The highest BCUT2D eigenvalue weighted by Crippen LogP contribution is 2.48. The van der Waals surface area contributed by atoms with Crippen LogP contribution in [-0.2, 0) is 0 Å². The molecule has 2 fully saturated rings. The van der Waals surface area contributed by atoms with Gasteiger partial charge in [0.15, 0.2) is 0 Å². The van der Waals surface area contributed by atoms with Crippen LogP contribution in [0, 0.1) is 27.9 Å². The first-order valence-corrected chi connectivity index (χ1v) is 7.63. The van der Waals surface area contributed by atoms with Crippen LogP contribution in [0.15, 0.2) is 24.3 Å². The molecule has 0 aliphatic heterocycles. The summed E-state index contributed by atoms with van der Waals surface area (Å²) in [7, 11) is 0. The second kappa shape index (κ2) is 5.52. The largest absolute Gasteiger partial charge is 0.310 e. The molecule has 0 amide bonds. The first-order chi connectivity index (χ1) is 9.65. The molecule has 0 radical (unpaired) electrons. The zero-order valence-electron chi connectivity index (χ0n) is 11.9. The number of non-ortho nitro benzene ring substituents is 1. The zero-order valence-corrected chi connectivity index (χ0v) is 11.9. The summed E-state index contributed by atoms with van der Waals surface area (Å²) in [6.45, 7) is 3.23. The van der Waals surface area contributed by atoms with Crippen molar-refractivity contribution in [2.45, 2.75) is 38.6 Å². The summed E-state index contributed by atoms with van der Waals surface area (Å²) >= 11 is 0. The Hall–Kier alpha value is -1.42. The maximum atomic E-state index is 10.7. The van der Waals surface area contributed by atoms with E-state index in [0.29, 0.717) is 0 Å². The minimum Gasteiger partial charge on any atom is -0.310 e. The molecule has 0 aromatic heterocycles. The second-order valence-corrected chi connectivity index (χ2v) is 6.32. The van der Waals surface area contributed by atoms with Crippen LogP contribution in [-0.4, -0.2) is 11.5 Å². The van der Waals surface area contributed by atoms with Crippen molar-refractivity contribution in [2.75, 3.05) is 6.54 Å². The van der Waals surface area contributed by atoms with Gasteiger partial charge in [-0.1, -0.05) is 12.1 Å². The average molecular weight is 274 g/mol. The molecule has 2 saturated carbocycles. The molecule has 1 aromatic carbocycles. The quantitative estimate of drug-likeness (QED) is 0.609. The van der Waals surface area contributed by atoms with E-state index in [9.17, 15) is 10.1 Å². The first kappa shape index (κ1) is 13.6. The number of benzene rings is 1. The van der Waals surface area contributed by atoms with Crippen LogP contribution in [0.4, 0.5) is 5.69 Å². The minimum absolute atomic E-state index is 0.162. The summed E-state index contributed by atoms with van der Waals surface area (Å²) in [5.74, 6) is 2.77. The maximum Gasteiger partial charge on any atom is 0.269 e. The van der Waals surface area contributed by atoms with Crippen molar-refractivity contribution in [1.29, 1.82) is 0 Å². The van der Waals surface area contributed by atoms with Crippen LogP contribution < -0.4 is 5.32 Å². The van der Waals surface area contributed by atoms with E-state index in [1.54, 1.807) is 12.1 Å². The van der Waals surface area contributed by atoms with Gasteiger partial charge in [0.25, 0.3) is 5.69 Å². The highest BCUT2D eigenvalue weighted by molar-refractivity contribution is 5.34. The fraction of sp³-hybridized carbons (Fsp3) is 0.625. The fourth-order valence-corrected chi connectivity index (χ4v) is 3.08. The Balaban J connectivity index is 1.55. The van der Waals surface area contributed by atoms with Gasteiger partial charge in [-0.2, -0.15) is 0 Å². The average Bonchev–Trinajstić information content (AvgIpc) is 3.32. The van der Waals surface area contributed by atoms with E-state index in [1.165, 1.54) is 25.7 Å². The van der Waals surface area contributed by atoms with Crippen LogP contribution in [0.1, 0.15) is 44.2 Å². The van der Waals surface area contributed by atoms with Crippen LogP contribution in [0.2, 0.25) is 0 Å². The van der Waals surface area contributed by atoms with E-state index in [1.807, 2.05) is 12.1 Å². The first-order valence-electron chi connectivity index (χ1n) is 7.63. The maximum absolute atomic E-state index is 10.7. The van der Waals surface area contributed by atoms with E-state index in [0.717, 1.165) is 29.9 Å². The number of hydrogen-bond acceptors (Lipinski definition) is 3. The summed E-state index contributed by atoms with van der Waals surface area (Å²) in [6, 6.07) is 7.16. The van der Waals surface area contributed by atoms with Crippen molar-refractivity contribution in [3.63, 3.8) is 0 Å². The highest BCUT2D eigenvalue weighted by atomic mass is 16.6. The van der Waals surface area contributed by atoms with Gasteiger partial charge in [0.1, 0.15) is 0 Å². The second-order valence-electron chi connectivity index (χ2n) is 6.32. The van der Waals surface area contributed by atoms with Crippen LogP contribution in [0.3, 0.4) is 0 Å². The molecule has 3 rings (SSSR count). The fourth-order valence-electron chi connectivity index (χ4n) is 3.08. The lowest BCUT2D eigenvalue weighted by atomic mass is 9.97. The van der Waals surface area contributed by atoms with Gasteiger partial charge in [0.05, 0.1) is 4.92 Å². The predicted octanol–water partition coefficient (Wildman–Crippen LogP) is 3.68. The van der Waals surface area contributed by atoms with E-state index in [-0.39, 0.29) is 16.7 Å². The molecule has 1 aromatic rings. The van der Waals surface area contributed by atoms with Gasteiger partial charge >= 0.3 is 0 Å². The standard InChI is InChI=1S/C16H22N2O2/c1-11(12-6-8-15(9-7-12)18(19)20)17-10-16(13-2-3-13)14-4-5-14/h6-9,11,13-14,16-17H,2-5,10H2,1H3. The SMILES string of the molecule is CC(NCC(C1CC1)C1CC1)c1ccc([N+](=O)[O-])cc1. The Morgan fingerprint density at radius 3 is 2.20 bits per heavy atom. The van der Waals surface area contributed by atoms with Gasteiger partial charge < -0.3 is 5.32 Å². The van der Waals surface area contributed by atoms with E-state index in [4.69, 9.17) is 0 Å². The third-order valence-corrected chi connectivity index (χ3v) is 4.72. The van der Waals surface area contributed by atoms with Crippen molar-refractivity contribution in [1.82, 2.24) is 5.32 Å². The Bertz CT molecular complexity index is 466. The van der Waals surface area contributed by atoms with Crippen molar-refractivity contribution < 1.29 is 4.92 Å². The molecule has 4 heteroatoms. The molecule has 0 heterocycles. The van der Waals surface area contributed by atoms with Crippen LogP contribution in [0.25, 0.3) is 0 Å². The summed E-state index contributed by atoms with van der Waals surface area (Å²) < 4.78 is 0. The lowest BCUT2D eigenvalue weighted by molar-refractivity contribution is -0.384. The number of nitro benzene ring substituents is 1. The summed E-state index contributed by atoms with van der Waals surface area (Å²) in [6.07, 6.45) is 5.65. The Kier molecular flexibility index (Phi) is 3.74. The smallest absolute Gasteiger partial charge is 0.269 e. The molecule has 1 unspecified atom stereocenters. The minimum atomic E-state index is -0.349. The number of nitrogens with one attached hydrogen (secondary N) is 1. The topological polar surface area (TPSA) is 55.2 Å². The molecule has 0 saturated heterocycles. The lowest BCUT2D eigenvalue weighted by Gasteiger charge is -2.20. The van der Waals surface area contributed by atoms with Gasteiger partial charge in [0.2, 0.25) is 0 Å². The number of hydrogen-bond donors (Lipinski definition) is 1. The van der Waals surface area contributed by atoms with Gasteiger partial charge in [-0.3, -0.25) is 10.1 Å². The molecule has 1 atom stereocenters. The van der Waals surface area contributed by atoms with E-state index in [2.05, 4.69) is 12.2 Å². The molecule has 20 heavy (non-hydrogen) atoms. The monoisotopic (exact) mass is 274 g/mol. The van der Waals surface area contributed by atoms with Crippen molar-refractivity contribution in [2.24, 2.45) is 17.8 Å². The van der Waals surface area contributed by atoms with Gasteiger partial charge in [-0.05, 0) is 62.5 Å². The molecule has 4 nitrogen and oxygen atoms in total. The Labute approximate surface area is 119 Å². The molecular formula is C16H22N2O2. The third-order valence-electron chi connectivity index (χ3n) is 4.72. The molecule has 0 bridgehead atoms. The predicted molar refractivity (Wildman–Crippen MR) is 78.5 cm³/mol. The van der Waals surface area contributed by atoms with Crippen LogP contribution in [0.5, 0.6) is 0 Å². The Morgan fingerprint density at radius 2 is 1.75 bits per heavy atom. The normalized spacial score (nSPS) is 20.1. The van der Waals surface area contributed by atoms with Crippen molar-refractivity contribution in [3.05, 3.63) is 39.9 Å². The van der Waals surface area contributed by atoms with Gasteiger partial charge in [-0.25, -0.2) is 0 Å². The van der Waals surface area contributed by atoms with Gasteiger partial charge in [-0.15, -0.1) is 0 Å². The highest BCUT2D eigenvalue weighted by Gasteiger charge is 2.41. The molecule has 1 N–H and O–H groups in total. The van der Waals surface area contributed by atoms with E-state index >= 15 is 0 Å². The van der Waals surface area contributed by atoms with Crippen molar-refractivity contribution >= 4 is 5.69 Å². The Morgan fingerprint density at radius 1 is 1.20 bits per heavy atom. The number of nitro groups is 1. The summed E-state index contributed by atoms with van der Waals surface area (Å²) in [5, 5.41) is 14.3. The van der Waals surface area contributed by atoms with E-state index < -0.39 is 0 Å². The molecule has 2 aliphatic carbocycles. The van der Waals surface area contributed by atoms with Crippen LogP contribution >= 0.6 is 0 Å². The molecular weight excluding hydrogens is 252 g/mol. The summed E-state index contributed by atoms with van der Waals surface area (Å²) in [4.78, 5) is 10.3. The lowest BCUT2D eigenvalue weighted by Crippen LogP contribution is -2.28. The summed E-state index contributed by atoms with van der Waals surface area (Å²) in [5.41, 5.74) is 1.29. The molecule has 2 aliphatic rings. The number of nitrogens with zero attached hydrogens (tertiary/aromatic N) is 1. The molecule has 0 spiro atoms. The zero-order chi connectivity index (χ0) is 14.1.